The number of halogens is 1. The molecule has 2 aromatic rings. The molecule has 4 nitrogen and oxygen atoms in total. The summed E-state index contributed by atoms with van der Waals surface area (Å²) in [6.45, 7) is 1.16. The number of hydrogen-bond donors (Lipinski definition) is 1. The van der Waals surface area contributed by atoms with Crippen molar-refractivity contribution in [3.63, 3.8) is 0 Å². The smallest absolute Gasteiger partial charge is 0.180 e. The van der Waals surface area contributed by atoms with Crippen molar-refractivity contribution in [2.24, 2.45) is 0 Å². The van der Waals surface area contributed by atoms with Crippen LogP contribution in [-0.4, -0.2) is 19.1 Å². The molecule has 0 amide bonds. The van der Waals surface area contributed by atoms with Gasteiger partial charge in [-0.15, -0.1) is 11.3 Å². The topological polar surface area (TPSA) is 43.4 Å². The average Bonchev–Trinajstić information content (AvgIpc) is 2.90. The average molecular weight is 299 g/mol. The van der Waals surface area contributed by atoms with E-state index >= 15 is 0 Å². The standard InChI is InChI=1S/C13H15ClN2O2S/c1-15-5-9-3-11(14)13(12(4-9)17-2)18-7-10-6-16-8-19-10/h3-4,6,8,15H,5,7H2,1-2H3. The Bertz CT molecular complexity index is 532. The van der Waals surface area contributed by atoms with Gasteiger partial charge in [-0.25, -0.2) is 0 Å². The van der Waals surface area contributed by atoms with Crippen LogP contribution < -0.4 is 14.8 Å². The molecule has 0 fully saturated rings. The summed E-state index contributed by atoms with van der Waals surface area (Å²) in [6.07, 6.45) is 1.78. The first kappa shape index (κ1) is 14.1. The van der Waals surface area contributed by atoms with E-state index in [0.29, 0.717) is 23.1 Å². The van der Waals surface area contributed by atoms with Gasteiger partial charge in [0.05, 0.1) is 22.5 Å². The summed E-state index contributed by atoms with van der Waals surface area (Å²) in [6, 6.07) is 3.80. The number of hydrogen-bond acceptors (Lipinski definition) is 5. The van der Waals surface area contributed by atoms with Gasteiger partial charge in [-0.3, -0.25) is 4.98 Å². The molecule has 1 aromatic carbocycles. The molecular formula is C13H15ClN2O2S. The quantitative estimate of drug-likeness (QED) is 0.890. The van der Waals surface area contributed by atoms with Crippen LogP contribution in [0.3, 0.4) is 0 Å². The number of methoxy groups -OCH3 is 1. The Hall–Kier alpha value is -1.30. The number of nitrogens with one attached hydrogen (secondary N) is 1. The van der Waals surface area contributed by atoms with E-state index < -0.39 is 0 Å². The van der Waals surface area contributed by atoms with Gasteiger partial charge in [-0.1, -0.05) is 11.6 Å². The largest absolute Gasteiger partial charge is 0.493 e. The molecule has 19 heavy (non-hydrogen) atoms. The third kappa shape index (κ3) is 3.59. The Kier molecular flexibility index (Phi) is 5.01. The van der Waals surface area contributed by atoms with E-state index in [4.69, 9.17) is 21.1 Å². The minimum Gasteiger partial charge on any atom is -0.493 e. The summed E-state index contributed by atoms with van der Waals surface area (Å²) in [7, 11) is 3.49. The number of benzene rings is 1. The number of ether oxygens (including phenoxy) is 2. The lowest BCUT2D eigenvalue weighted by molar-refractivity contribution is 0.287. The molecule has 0 aliphatic rings. The molecule has 2 rings (SSSR count). The normalized spacial score (nSPS) is 10.5. The third-order valence-corrected chi connectivity index (χ3v) is 3.55. The molecular weight excluding hydrogens is 284 g/mol. The highest BCUT2D eigenvalue weighted by Gasteiger charge is 2.12. The van der Waals surface area contributed by atoms with Crippen LogP contribution in [0, 0.1) is 0 Å². The molecule has 1 aromatic heterocycles. The van der Waals surface area contributed by atoms with Gasteiger partial charge in [-0.2, -0.15) is 0 Å². The van der Waals surface area contributed by atoms with E-state index in [9.17, 15) is 0 Å². The zero-order valence-corrected chi connectivity index (χ0v) is 12.3. The second kappa shape index (κ2) is 6.75. The Morgan fingerprint density at radius 2 is 2.26 bits per heavy atom. The van der Waals surface area contributed by atoms with Gasteiger partial charge >= 0.3 is 0 Å². The Labute approximate surface area is 121 Å². The lowest BCUT2D eigenvalue weighted by atomic mass is 10.2. The molecule has 0 saturated heterocycles. The maximum Gasteiger partial charge on any atom is 0.180 e. The molecule has 0 radical (unpaired) electrons. The molecule has 0 aliphatic carbocycles. The molecule has 1 heterocycles. The molecule has 1 N–H and O–H groups in total. The predicted octanol–water partition coefficient (Wildman–Crippen LogP) is 3.10. The van der Waals surface area contributed by atoms with E-state index in [1.807, 2.05) is 19.2 Å². The van der Waals surface area contributed by atoms with Gasteiger partial charge in [0.1, 0.15) is 6.61 Å². The Balaban J connectivity index is 2.18. The minimum atomic E-state index is 0.437. The lowest BCUT2D eigenvalue weighted by Gasteiger charge is -2.13. The monoisotopic (exact) mass is 298 g/mol. The Morgan fingerprint density at radius 3 is 2.89 bits per heavy atom. The van der Waals surface area contributed by atoms with E-state index in [1.54, 1.807) is 30.2 Å². The van der Waals surface area contributed by atoms with Crippen molar-refractivity contribution in [1.29, 1.82) is 0 Å². The van der Waals surface area contributed by atoms with Gasteiger partial charge in [0.25, 0.3) is 0 Å². The summed E-state index contributed by atoms with van der Waals surface area (Å²) >= 11 is 7.79. The molecule has 0 aliphatic heterocycles. The first-order valence-electron chi connectivity index (χ1n) is 5.75. The first-order valence-corrected chi connectivity index (χ1v) is 7.01. The number of aromatic nitrogens is 1. The summed E-state index contributed by atoms with van der Waals surface area (Å²) in [4.78, 5) is 5.04. The second-order valence-corrected chi connectivity index (χ2v) is 5.27. The van der Waals surface area contributed by atoms with Crippen molar-refractivity contribution < 1.29 is 9.47 Å². The predicted molar refractivity (Wildman–Crippen MR) is 77.2 cm³/mol. The van der Waals surface area contributed by atoms with E-state index in [2.05, 4.69) is 10.3 Å². The van der Waals surface area contributed by atoms with Crippen LogP contribution >= 0.6 is 22.9 Å². The summed E-state index contributed by atoms with van der Waals surface area (Å²) in [5, 5.41) is 3.62. The number of nitrogens with zero attached hydrogens (tertiary/aromatic N) is 1. The zero-order chi connectivity index (χ0) is 13.7. The van der Waals surface area contributed by atoms with Crippen molar-refractivity contribution in [2.45, 2.75) is 13.2 Å². The lowest BCUT2D eigenvalue weighted by Crippen LogP contribution is -2.06. The SMILES string of the molecule is CNCc1cc(Cl)c(OCc2cncs2)c(OC)c1. The summed E-state index contributed by atoms with van der Waals surface area (Å²) < 4.78 is 11.1. The van der Waals surface area contributed by atoms with E-state index in [-0.39, 0.29) is 0 Å². The fourth-order valence-electron chi connectivity index (χ4n) is 1.68. The van der Waals surface area contributed by atoms with Gasteiger partial charge in [0, 0.05) is 12.7 Å². The Morgan fingerprint density at radius 1 is 1.42 bits per heavy atom. The van der Waals surface area contributed by atoms with Crippen LogP contribution in [0.4, 0.5) is 0 Å². The maximum absolute atomic E-state index is 6.24. The minimum absolute atomic E-state index is 0.437. The van der Waals surface area contributed by atoms with Gasteiger partial charge in [-0.05, 0) is 24.7 Å². The maximum atomic E-state index is 6.24. The fourth-order valence-corrected chi connectivity index (χ4v) is 2.47. The van der Waals surface area contributed by atoms with Crippen molar-refractivity contribution in [3.05, 3.63) is 39.3 Å². The van der Waals surface area contributed by atoms with Crippen molar-refractivity contribution >= 4 is 22.9 Å². The summed E-state index contributed by atoms with van der Waals surface area (Å²) in [5.74, 6) is 1.21. The van der Waals surface area contributed by atoms with Crippen LogP contribution in [0.1, 0.15) is 10.4 Å². The van der Waals surface area contributed by atoms with Gasteiger partial charge in [0.2, 0.25) is 0 Å². The zero-order valence-electron chi connectivity index (χ0n) is 10.8. The van der Waals surface area contributed by atoms with Crippen LogP contribution in [0.5, 0.6) is 11.5 Å². The van der Waals surface area contributed by atoms with Gasteiger partial charge in [0.15, 0.2) is 11.5 Å². The molecule has 6 heteroatoms. The van der Waals surface area contributed by atoms with Crippen LogP contribution in [0.25, 0.3) is 0 Å². The summed E-state index contributed by atoms with van der Waals surface area (Å²) in [5.41, 5.74) is 2.82. The molecule has 0 atom stereocenters. The van der Waals surface area contributed by atoms with Crippen molar-refractivity contribution in [2.75, 3.05) is 14.2 Å². The molecule has 102 valence electrons. The van der Waals surface area contributed by atoms with Crippen LogP contribution in [0.2, 0.25) is 5.02 Å². The number of thiazole rings is 1. The van der Waals surface area contributed by atoms with Crippen LogP contribution in [-0.2, 0) is 13.2 Å². The molecule has 0 bridgehead atoms. The highest BCUT2D eigenvalue weighted by Crippen LogP contribution is 2.37. The van der Waals surface area contributed by atoms with Gasteiger partial charge < -0.3 is 14.8 Å². The first-order chi connectivity index (χ1) is 9.24. The molecule has 0 saturated carbocycles. The fraction of sp³-hybridized carbons (Fsp3) is 0.308. The highest BCUT2D eigenvalue weighted by atomic mass is 35.5. The highest BCUT2D eigenvalue weighted by molar-refractivity contribution is 7.09. The van der Waals surface area contributed by atoms with Crippen molar-refractivity contribution in [3.8, 4) is 11.5 Å². The van der Waals surface area contributed by atoms with Crippen molar-refractivity contribution in [1.82, 2.24) is 10.3 Å². The van der Waals surface area contributed by atoms with E-state index in [1.165, 1.54) is 0 Å². The molecule has 0 spiro atoms. The van der Waals surface area contributed by atoms with Crippen LogP contribution in [0.15, 0.2) is 23.8 Å². The van der Waals surface area contributed by atoms with E-state index in [0.717, 1.165) is 17.0 Å². The third-order valence-electron chi connectivity index (χ3n) is 2.51. The molecule has 0 unspecified atom stereocenters. The second-order valence-electron chi connectivity index (χ2n) is 3.90. The number of rotatable bonds is 6.